The van der Waals surface area contributed by atoms with E-state index in [0.29, 0.717) is 29.5 Å². The van der Waals surface area contributed by atoms with Gasteiger partial charge in [-0.1, -0.05) is 17.7 Å². The molecule has 0 aliphatic rings. The largest absolute Gasteiger partial charge is 0.371 e. The van der Waals surface area contributed by atoms with Gasteiger partial charge in [0.25, 0.3) is 11.6 Å². The minimum atomic E-state index is -0.512. The third-order valence-corrected chi connectivity index (χ3v) is 4.23. The molecule has 0 aliphatic carbocycles. The maximum atomic E-state index is 12.8. The summed E-state index contributed by atoms with van der Waals surface area (Å²) in [5, 5.41) is 14.2. The van der Waals surface area contributed by atoms with Crippen molar-refractivity contribution in [2.45, 2.75) is 20.8 Å². The summed E-state index contributed by atoms with van der Waals surface area (Å²) in [6.07, 6.45) is 0. The summed E-state index contributed by atoms with van der Waals surface area (Å²) in [4.78, 5) is 25.3. The van der Waals surface area contributed by atoms with Gasteiger partial charge in [-0.15, -0.1) is 0 Å². The lowest BCUT2D eigenvalue weighted by Crippen LogP contribution is -2.25. The minimum absolute atomic E-state index is 0.129. The quantitative estimate of drug-likeness (QED) is 0.600. The van der Waals surface area contributed by atoms with Crippen molar-refractivity contribution < 1.29 is 9.72 Å². The monoisotopic (exact) mass is 361 g/mol. The zero-order valence-corrected chi connectivity index (χ0v) is 15.1. The van der Waals surface area contributed by atoms with E-state index in [1.165, 1.54) is 12.1 Å². The molecule has 0 aliphatic heterocycles. The number of nitrogens with one attached hydrogen (secondary N) is 1. The van der Waals surface area contributed by atoms with E-state index in [-0.39, 0.29) is 11.3 Å². The molecule has 7 heteroatoms. The molecule has 0 fully saturated rings. The van der Waals surface area contributed by atoms with Crippen LogP contribution in [0, 0.1) is 17.0 Å². The Morgan fingerprint density at radius 2 is 1.88 bits per heavy atom. The predicted octanol–water partition coefficient (Wildman–Crippen LogP) is 4.66. The van der Waals surface area contributed by atoms with Crippen molar-refractivity contribution in [2.24, 2.45) is 0 Å². The van der Waals surface area contributed by atoms with E-state index >= 15 is 0 Å². The number of anilines is 2. The number of nitro groups is 1. The highest BCUT2D eigenvalue weighted by Gasteiger charge is 2.20. The Morgan fingerprint density at radius 3 is 2.44 bits per heavy atom. The maximum absolute atomic E-state index is 12.8. The van der Waals surface area contributed by atoms with Gasteiger partial charge in [0.15, 0.2) is 0 Å². The van der Waals surface area contributed by atoms with Gasteiger partial charge in [0.05, 0.1) is 26.9 Å². The lowest BCUT2D eigenvalue weighted by molar-refractivity contribution is -0.384. The molecule has 1 amide bonds. The van der Waals surface area contributed by atoms with Crippen molar-refractivity contribution in [3.63, 3.8) is 0 Å². The molecule has 0 saturated carbocycles. The molecule has 1 N–H and O–H groups in total. The van der Waals surface area contributed by atoms with Gasteiger partial charge in [0.1, 0.15) is 0 Å². The van der Waals surface area contributed by atoms with Crippen LogP contribution in [0.5, 0.6) is 0 Å². The minimum Gasteiger partial charge on any atom is -0.371 e. The van der Waals surface area contributed by atoms with Crippen molar-refractivity contribution in [1.29, 1.82) is 0 Å². The van der Waals surface area contributed by atoms with Crippen molar-refractivity contribution >= 4 is 34.6 Å². The molecular weight excluding hydrogens is 342 g/mol. The molecule has 6 nitrogen and oxygen atoms in total. The Bertz CT molecular complexity index is 804. The zero-order chi connectivity index (χ0) is 18.6. The standard InChI is InChI=1S/C18H20ClN3O3/c1-4-21(5-2)17-9-7-13(22(24)25)11-14(17)18(23)20-16-8-6-12(3)10-15(16)19/h6-11H,4-5H2,1-3H3,(H,20,23). The van der Waals surface area contributed by atoms with Gasteiger partial charge >= 0.3 is 0 Å². The van der Waals surface area contributed by atoms with Crippen molar-refractivity contribution in [2.75, 3.05) is 23.3 Å². The molecule has 0 radical (unpaired) electrons. The van der Waals surface area contributed by atoms with Gasteiger partial charge in [-0.05, 0) is 44.5 Å². The van der Waals surface area contributed by atoms with Crippen LogP contribution in [-0.4, -0.2) is 23.9 Å². The van der Waals surface area contributed by atoms with E-state index in [9.17, 15) is 14.9 Å². The number of hydrogen-bond donors (Lipinski definition) is 1. The number of nitrogens with zero attached hydrogens (tertiary/aromatic N) is 2. The number of rotatable bonds is 6. The van der Waals surface area contributed by atoms with E-state index in [0.717, 1.165) is 5.56 Å². The Labute approximate surface area is 151 Å². The topological polar surface area (TPSA) is 75.5 Å². The highest BCUT2D eigenvalue weighted by atomic mass is 35.5. The van der Waals surface area contributed by atoms with Crippen LogP contribution in [0.3, 0.4) is 0 Å². The van der Waals surface area contributed by atoms with Gasteiger partial charge in [-0.3, -0.25) is 14.9 Å². The summed E-state index contributed by atoms with van der Waals surface area (Å²) in [7, 11) is 0. The summed E-state index contributed by atoms with van der Waals surface area (Å²) < 4.78 is 0. The van der Waals surface area contributed by atoms with Gasteiger partial charge in [0.2, 0.25) is 0 Å². The molecule has 0 unspecified atom stereocenters. The first-order valence-corrected chi connectivity index (χ1v) is 8.36. The molecule has 0 saturated heterocycles. The molecule has 0 atom stereocenters. The molecule has 2 rings (SSSR count). The second kappa shape index (κ2) is 7.98. The van der Waals surface area contributed by atoms with Crippen LogP contribution in [0.25, 0.3) is 0 Å². The van der Waals surface area contributed by atoms with Crippen LogP contribution in [0.4, 0.5) is 17.1 Å². The van der Waals surface area contributed by atoms with Gasteiger partial charge in [-0.25, -0.2) is 0 Å². The van der Waals surface area contributed by atoms with Gasteiger partial charge in [-0.2, -0.15) is 0 Å². The molecule has 0 spiro atoms. The Morgan fingerprint density at radius 1 is 1.20 bits per heavy atom. The highest BCUT2D eigenvalue weighted by Crippen LogP contribution is 2.28. The summed E-state index contributed by atoms with van der Waals surface area (Å²) in [6, 6.07) is 9.60. The normalized spacial score (nSPS) is 10.4. The third kappa shape index (κ3) is 4.28. The maximum Gasteiger partial charge on any atom is 0.270 e. The molecule has 0 heterocycles. The van der Waals surface area contributed by atoms with E-state index < -0.39 is 10.8 Å². The number of halogens is 1. The summed E-state index contributed by atoms with van der Waals surface area (Å²) in [6.45, 7) is 7.18. The van der Waals surface area contributed by atoms with Gasteiger partial charge < -0.3 is 10.2 Å². The molecular formula is C18H20ClN3O3. The van der Waals surface area contributed by atoms with Crippen molar-refractivity contribution in [1.82, 2.24) is 0 Å². The van der Waals surface area contributed by atoms with Crippen molar-refractivity contribution in [3.8, 4) is 0 Å². The first-order valence-electron chi connectivity index (χ1n) is 7.98. The first-order chi connectivity index (χ1) is 11.9. The summed E-state index contributed by atoms with van der Waals surface area (Å²) >= 11 is 6.17. The SMILES string of the molecule is CCN(CC)c1ccc([N+](=O)[O-])cc1C(=O)Nc1ccc(C)cc1Cl. The molecule has 0 aromatic heterocycles. The smallest absolute Gasteiger partial charge is 0.270 e. The fraction of sp³-hybridized carbons (Fsp3) is 0.278. The number of carbonyl (C=O) groups is 1. The highest BCUT2D eigenvalue weighted by molar-refractivity contribution is 6.34. The van der Waals surface area contributed by atoms with Crippen LogP contribution < -0.4 is 10.2 Å². The number of hydrogen-bond acceptors (Lipinski definition) is 4. The van der Waals surface area contributed by atoms with E-state index in [2.05, 4.69) is 5.32 Å². The fourth-order valence-corrected chi connectivity index (χ4v) is 2.85. The van der Waals surface area contributed by atoms with E-state index in [4.69, 9.17) is 11.6 Å². The van der Waals surface area contributed by atoms with Gasteiger partial charge in [0, 0.05) is 25.2 Å². The second-order valence-corrected chi connectivity index (χ2v) is 5.98. The Hall–Kier alpha value is -2.60. The van der Waals surface area contributed by atoms with E-state index in [1.54, 1.807) is 18.2 Å². The molecule has 0 bridgehead atoms. The average molecular weight is 362 g/mol. The summed E-state index contributed by atoms with van der Waals surface area (Å²) in [5.41, 5.74) is 2.21. The molecule has 25 heavy (non-hydrogen) atoms. The first kappa shape index (κ1) is 18.7. The number of aryl methyl sites for hydroxylation is 1. The predicted molar refractivity (Wildman–Crippen MR) is 101 cm³/mol. The lowest BCUT2D eigenvalue weighted by Gasteiger charge is -2.23. The lowest BCUT2D eigenvalue weighted by atomic mass is 10.1. The number of benzene rings is 2. The Kier molecular flexibility index (Phi) is 5.98. The third-order valence-electron chi connectivity index (χ3n) is 3.91. The van der Waals surface area contributed by atoms with E-state index in [1.807, 2.05) is 31.7 Å². The average Bonchev–Trinajstić information content (AvgIpc) is 2.58. The fourth-order valence-electron chi connectivity index (χ4n) is 2.57. The molecule has 132 valence electrons. The number of carbonyl (C=O) groups excluding carboxylic acids is 1. The number of non-ortho nitro benzene ring substituents is 1. The molecule has 2 aromatic carbocycles. The van der Waals surface area contributed by atoms with Crippen LogP contribution >= 0.6 is 11.6 Å². The number of amides is 1. The second-order valence-electron chi connectivity index (χ2n) is 5.57. The molecule has 2 aromatic rings. The Balaban J connectivity index is 2.44. The summed E-state index contributed by atoms with van der Waals surface area (Å²) in [5.74, 6) is -0.434. The zero-order valence-electron chi connectivity index (χ0n) is 14.4. The van der Waals surface area contributed by atoms with Crippen LogP contribution in [-0.2, 0) is 0 Å². The van der Waals surface area contributed by atoms with Crippen LogP contribution in [0.1, 0.15) is 29.8 Å². The van der Waals surface area contributed by atoms with Crippen molar-refractivity contribution in [3.05, 3.63) is 62.7 Å². The van der Waals surface area contributed by atoms with Crippen LogP contribution in [0.2, 0.25) is 5.02 Å². The van der Waals surface area contributed by atoms with Crippen LogP contribution in [0.15, 0.2) is 36.4 Å². The number of nitro benzene ring substituents is 1.